The average molecular weight is 1850 g/mol. The van der Waals surface area contributed by atoms with Gasteiger partial charge in [0.25, 0.3) is 0 Å². The zero-order chi connectivity index (χ0) is 74.7. The Morgan fingerprint density at radius 3 is 1.26 bits per heavy atom. The molecule has 21 unspecified atom stereocenters. The summed E-state index contributed by atoms with van der Waals surface area (Å²) in [6, 6.07) is -4.85. The molecule has 5 fully saturated rings. The standard InChI is InChI=1S/C14H23NO13S.C11H21NO13S2.C6H13NO13S3.C6H8O8S.CH2O2.10Na.3H2O.H2/c1-5(16)15-9-7(17)2-6(3-26-29(22,23)24)27-14(9)28-11-10(19)8(18)4-25-12(11)13(20)21;13-6-1-5(2-23-27(19,20)21)24-11(9(6)12-26(16,17)18)25-8-4-22-3-7(14)10(8)15;8-6-5(7-21(9,10)11)4(20-23(15,16)17)1-3(19-6)2-18-22(12,13)14;7-3-1-4(6(8)9)13-2-5(3)14-15(10,11)12;2-1-3;;;;;;;;;;;;;;/h6-12,14,17-19H,2-4H2,1H3,(H,15,16)(H,20,21)(H,22,23,24);5-15H,1-4H2,(H,16,17,18)(H,19,20,21);3-8H,1-2H2,(H,9,10,11)(H,12,13,14)(H,15,16,17);1,3,5,7H,2H2,(H,8,9)(H,10,11,12);1H,(H,2,3);;;;;;;;;;;3*1H2;1H/q;;;;;10*+1;;;;/p-10/i;;;;;;;;;;;;;;;;;;1+1. The summed E-state index contributed by atoms with van der Waals surface area (Å²) in [4.78, 5) is 41.2. The minimum absolute atomic E-state index is 0. The zero-order valence-electron chi connectivity index (χ0n) is 59.5. The van der Waals surface area contributed by atoms with Gasteiger partial charge in [0.1, 0.15) is 79.3 Å². The van der Waals surface area contributed by atoms with Crippen LogP contribution < -0.4 is 326 Å². The van der Waals surface area contributed by atoms with Crippen molar-refractivity contribution in [3.63, 3.8) is 0 Å². The Morgan fingerprint density at radius 2 is 0.891 bits per heavy atom. The van der Waals surface area contributed by atoms with Gasteiger partial charge in [-0.25, -0.2) is 68.4 Å². The molecule has 0 aromatic carbocycles. The molecule has 6 aliphatic heterocycles. The first kappa shape index (κ1) is 142. The van der Waals surface area contributed by atoms with Gasteiger partial charge in [-0.15, -0.1) is 0 Å². The number of aliphatic carboxylic acids is 2. The van der Waals surface area contributed by atoms with Crippen molar-refractivity contribution in [2.24, 2.45) is 0 Å². The van der Waals surface area contributed by atoms with Crippen molar-refractivity contribution in [1.82, 2.24) is 14.8 Å². The Labute approximate surface area is 849 Å². The van der Waals surface area contributed by atoms with Crippen molar-refractivity contribution in [1.29, 1.82) is 0 Å². The normalized spacial score (nSPS) is 29.7. The van der Waals surface area contributed by atoms with Crippen LogP contribution in [0, 0.1) is 0 Å². The molecule has 0 bridgehead atoms. The van der Waals surface area contributed by atoms with E-state index in [2.05, 4.69) is 35.7 Å². The number of aliphatic hydroxyl groups is 8. The largest absolute Gasteiger partial charge is 1.00 e. The quantitative estimate of drug-likeness (QED) is 0.0185. The number of carboxylic acid groups (broad SMARTS) is 3. The number of hydrogen-bond acceptors (Lipinski definition) is 49. The van der Waals surface area contributed by atoms with E-state index in [4.69, 9.17) is 38.3 Å². The second-order valence-electron chi connectivity index (χ2n) is 19.5. The summed E-state index contributed by atoms with van der Waals surface area (Å²) in [6.07, 6.45) is -28.7. The van der Waals surface area contributed by atoms with Gasteiger partial charge in [0.15, 0.2) is 39.5 Å². The van der Waals surface area contributed by atoms with Gasteiger partial charge in [0, 0.05) is 34.1 Å². The fraction of sp³-hybridized carbons (Fsp3) is 0.842. The topological polar surface area (TPSA) is 950 Å². The van der Waals surface area contributed by atoms with E-state index >= 15 is 0 Å². The molecule has 0 saturated carbocycles. The summed E-state index contributed by atoms with van der Waals surface area (Å²) in [5.41, 5.74) is 0. The fourth-order valence-electron chi connectivity index (χ4n) is 8.35. The molecule has 21 atom stereocenters. The molecule has 110 heavy (non-hydrogen) atoms. The first-order valence-electron chi connectivity index (χ1n) is 25.7. The molecule has 5 saturated heterocycles. The number of hydrogen-bond donors (Lipinski definition) is 11. The summed E-state index contributed by atoms with van der Waals surface area (Å²) in [7, 11) is -35.8. The van der Waals surface area contributed by atoms with Crippen LogP contribution in [0.1, 0.15) is 27.6 Å². The Hall–Kier alpha value is 5.79. The predicted molar refractivity (Wildman–Crippen MR) is 284 cm³/mol. The van der Waals surface area contributed by atoms with E-state index in [0.717, 1.165) is 6.92 Å². The van der Waals surface area contributed by atoms with Gasteiger partial charge >= 0.3 is 296 Å². The van der Waals surface area contributed by atoms with E-state index in [1.165, 1.54) is 4.72 Å². The number of nitrogens with one attached hydrogen (secondary N) is 3. The average Bonchev–Trinajstić information content (AvgIpc) is 0.806. The van der Waals surface area contributed by atoms with E-state index in [9.17, 15) is 156 Å². The molecule has 72 heteroatoms. The van der Waals surface area contributed by atoms with Gasteiger partial charge in [-0.2, -0.15) is 0 Å². The molecular weight excluding hydrogens is 1780 g/mol. The molecule has 6 heterocycles. The molecule has 6 aliphatic rings. The van der Waals surface area contributed by atoms with Crippen molar-refractivity contribution >= 4 is 96.9 Å². The molecule has 0 aromatic rings. The molecule has 0 aliphatic carbocycles. The Kier molecular flexibility index (Phi) is 84.2. The van der Waals surface area contributed by atoms with Gasteiger partial charge in [-0.05, 0) is 6.08 Å². The molecule has 1 amide bonds. The van der Waals surface area contributed by atoms with Crippen molar-refractivity contribution in [3.05, 3.63) is 11.8 Å². The van der Waals surface area contributed by atoms with Crippen molar-refractivity contribution in [2.75, 3.05) is 46.2 Å². The first-order valence-corrected chi connectivity index (χ1v) is 35.2. The van der Waals surface area contributed by atoms with Crippen LogP contribution in [0.2, 0.25) is 0 Å². The van der Waals surface area contributed by atoms with Crippen LogP contribution in [0.25, 0.3) is 0 Å². The molecule has 0 radical (unpaired) electrons. The van der Waals surface area contributed by atoms with Crippen molar-refractivity contribution in [3.8, 4) is 0 Å². The summed E-state index contributed by atoms with van der Waals surface area (Å²) in [6.45, 7) is -3.42. The molecule has 0 aromatic heterocycles. The molecule has 55 nitrogen and oxygen atoms in total. The minimum atomic E-state index is -5.38. The van der Waals surface area contributed by atoms with Crippen molar-refractivity contribution in [2.45, 2.75) is 155 Å². The number of ether oxygens (including phenoxy) is 8. The van der Waals surface area contributed by atoms with Gasteiger partial charge in [-0.1, -0.05) is 0 Å². The van der Waals surface area contributed by atoms with Crippen LogP contribution in [0.15, 0.2) is 11.8 Å². The van der Waals surface area contributed by atoms with Gasteiger partial charge in [0.05, 0.1) is 94.3 Å². The summed E-state index contributed by atoms with van der Waals surface area (Å²) in [5.74, 6) is -4.66. The van der Waals surface area contributed by atoms with Crippen LogP contribution in [0.4, 0.5) is 0 Å². The third-order valence-corrected chi connectivity index (χ3v) is 15.5. The van der Waals surface area contributed by atoms with Gasteiger partial charge in [-0.3, -0.25) is 25.7 Å². The predicted octanol–water partition coefficient (Wildman–Crippen LogP) is -50.9. The van der Waals surface area contributed by atoms with Crippen LogP contribution in [0.5, 0.6) is 0 Å². The number of carbonyl (C=O) groups is 4. The summed E-state index contributed by atoms with van der Waals surface area (Å²) in [5, 5.41) is 111. The Balaban J connectivity index is -0.000000101. The number of rotatable bonds is 24. The maximum atomic E-state index is 11.4. The summed E-state index contributed by atoms with van der Waals surface area (Å²) < 4.78 is 285. The van der Waals surface area contributed by atoms with E-state index in [1.807, 2.05) is 0 Å². The molecular formula is C38H65N3Na10O52S7. The third-order valence-electron chi connectivity index (χ3n) is 12.2. The Morgan fingerprint density at radius 1 is 0.509 bits per heavy atom. The molecule has 6 rings (SSSR count). The summed E-state index contributed by atoms with van der Waals surface area (Å²) >= 11 is 0. The van der Waals surface area contributed by atoms with Crippen molar-refractivity contribution < 1.29 is 538 Å². The van der Waals surface area contributed by atoms with E-state index in [1.54, 1.807) is 4.72 Å². The number of amides is 1. The minimum Gasteiger partial charge on any atom is -0.735 e. The monoisotopic (exact) mass is 1850 g/mol. The van der Waals surface area contributed by atoms with E-state index in [-0.39, 0.29) is 333 Å². The smallest absolute Gasteiger partial charge is 0.735 e. The number of carboxylic acids is 2. The van der Waals surface area contributed by atoms with Crippen LogP contribution in [0.3, 0.4) is 0 Å². The Bertz CT molecular complexity index is 3480. The van der Waals surface area contributed by atoms with Crippen LogP contribution in [-0.4, -0.2) is 347 Å². The van der Waals surface area contributed by atoms with Crippen LogP contribution >= 0.6 is 0 Å². The maximum absolute atomic E-state index is 11.4. The molecule has 0 spiro atoms. The second kappa shape index (κ2) is 65.4. The fourth-order valence-corrected chi connectivity index (χ4v) is 11.5. The van der Waals surface area contributed by atoms with Gasteiger partial charge in [0.2, 0.25) is 57.9 Å². The SMILES string of the molecule is CC(=O)NC1C(O)CC(COS(=O)(=O)[O-])OC1OC1C(C(=O)[O-])OCC(O)C1O.O.O.O.O=C([O-])C1=CC(O)C(OS(=O)(=O)[O-])CO1.O=C[O-].O=S(=O)([O-])NC1C(O)CC(COS(=O)(=O)[O-])OC1OC1COCC(O)C1O.O=S(=O)([O-])NC1C(O)OC(COS(=O)(=O)[O-])CC1OS(=O)(=O)[O-].[2HH].[Na+].[Na+].[Na+].[Na+].[Na+].[Na+].[Na+].[Na+].[Na+].[Na+]. The zero-order valence-corrected chi connectivity index (χ0v) is 85.2. The number of carbonyl (C=O) groups excluding carboxylic acids is 4. The third kappa shape index (κ3) is 59.6. The van der Waals surface area contributed by atoms with Gasteiger partial charge < -0.3 is 162 Å². The van der Waals surface area contributed by atoms with E-state index in [0.29, 0.717) is 6.08 Å². The maximum Gasteiger partial charge on any atom is 1.00 e. The number of aliphatic hydroxyl groups excluding tert-OH is 8. The van der Waals surface area contributed by atoms with Crippen LogP contribution in [-0.2, 0) is 151 Å². The second-order valence-corrected chi connectivity index (χ2v) is 27.0. The molecule has 596 valence electrons. The molecule has 17 N–H and O–H groups in total. The van der Waals surface area contributed by atoms with E-state index < -0.39 is 277 Å². The first-order chi connectivity index (χ1) is 44.1.